The largest absolute Gasteiger partial charge is 0.478 e. The quantitative estimate of drug-likeness (QED) is 0.191. The number of carboxylic acid groups (broad SMARTS) is 1. The molecule has 10 nitrogen and oxygen atoms in total. The Morgan fingerprint density at radius 1 is 1.00 bits per heavy atom. The molecule has 1 N–H and O–H groups in total. The number of aromatic nitrogens is 3. The second kappa shape index (κ2) is 13.4. The van der Waals surface area contributed by atoms with Crippen LogP contribution < -0.4 is 4.74 Å². The number of rotatable bonds is 9. The molecule has 1 aliphatic heterocycles. The molecule has 48 heavy (non-hydrogen) atoms. The zero-order valence-electron chi connectivity index (χ0n) is 25.6. The molecule has 3 heterocycles. The molecular formula is C35H28F3N5O5. The molecule has 1 atom stereocenters. The highest BCUT2D eigenvalue weighted by molar-refractivity contribution is 5.92. The summed E-state index contributed by atoms with van der Waals surface area (Å²) in [6.45, 7) is 0.542. The van der Waals surface area contributed by atoms with Gasteiger partial charge >= 0.3 is 12.1 Å². The summed E-state index contributed by atoms with van der Waals surface area (Å²) in [7, 11) is 1.30. The Balaban J connectivity index is 1.28. The third-order valence-corrected chi connectivity index (χ3v) is 8.30. The van der Waals surface area contributed by atoms with E-state index in [4.69, 9.17) is 14.7 Å². The highest BCUT2D eigenvalue weighted by Gasteiger charge is 2.31. The molecule has 1 saturated heterocycles. The number of hydrogen-bond donors (Lipinski definition) is 1. The Kier molecular flexibility index (Phi) is 8.98. The zero-order valence-corrected chi connectivity index (χ0v) is 25.6. The first-order valence-corrected chi connectivity index (χ1v) is 15.0. The highest BCUT2D eigenvalue weighted by atomic mass is 19.1. The first-order chi connectivity index (χ1) is 23.1. The van der Waals surface area contributed by atoms with Crippen LogP contribution in [0.3, 0.4) is 0 Å². The predicted molar refractivity (Wildman–Crippen MR) is 167 cm³/mol. The van der Waals surface area contributed by atoms with Crippen molar-refractivity contribution >= 4 is 23.1 Å². The summed E-state index contributed by atoms with van der Waals surface area (Å²) in [6.07, 6.45) is 0.805. The number of aromatic carboxylic acids is 1. The molecule has 3 aromatic carbocycles. The molecule has 1 unspecified atom stereocenters. The summed E-state index contributed by atoms with van der Waals surface area (Å²) in [4.78, 5) is 34.6. The van der Waals surface area contributed by atoms with Gasteiger partial charge in [0.25, 0.3) is 0 Å². The van der Waals surface area contributed by atoms with Gasteiger partial charge in [0.2, 0.25) is 5.88 Å². The van der Waals surface area contributed by atoms with Crippen molar-refractivity contribution in [3.63, 3.8) is 0 Å². The van der Waals surface area contributed by atoms with Gasteiger partial charge in [0, 0.05) is 36.7 Å². The standard InChI is InChI=1S/C35H28F3N5O5/c1-47-35(46)42-11-3-4-24(42)18-43-31-14-21(34(44)45)9-10-30(31)40-32(43)15-23-13-28(38)25(16-27(23)37)29-5-2-6-33(41-29)48-19-22-8-7-20(17-39)12-26(22)36/h2,5-10,12-14,16,24H,3-4,11,15,18-19H2,1H3,(H,44,45). The highest BCUT2D eigenvalue weighted by Crippen LogP contribution is 2.30. The van der Waals surface area contributed by atoms with E-state index in [9.17, 15) is 19.1 Å². The molecule has 244 valence electrons. The fourth-order valence-electron chi connectivity index (χ4n) is 5.86. The number of ether oxygens (including phenoxy) is 2. The lowest BCUT2D eigenvalue weighted by Gasteiger charge is -2.24. The van der Waals surface area contributed by atoms with Crippen molar-refractivity contribution in [1.82, 2.24) is 19.4 Å². The number of methoxy groups -OCH3 is 1. The fraction of sp³-hybridized carbons (Fsp3) is 0.229. The molecule has 0 bridgehead atoms. The number of nitrogens with zero attached hydrogens (tertiary/aromatic N) is 5. The minimum absolute atomic E-state index is 0.00575. The fourth-order valence-corrected chi connectivity index (χ4v) is 5.86. The van der Waals surface area contributed by atoms with Gasteiger partial charge in [-0.05, 0) is 66.9 Å². The van der Waals surface area contributed by atoms with E-state index in [1.807, 2.05) is 6.07 Å². The van der Waals surface area contributed by atoms with Crippen molar-refractivity contribution in [3.05, 3.63) is 112 Å². The van der Waals surface area contributed by atoms with Gasteiger partial charge in [-0.1, -0.05) is 12.1 Å². The number of benzene rings is 3. The van der Waals surface area contributed by atoms with E-state index in [2.05, 4.69) is 9.97 Å². The number of fused-ring (bicyclic) bond motifs is 1. The van der Waals surface area contributed by atoms with Crippen molar-refractivity contribution in [2.45, 2.75) is 38.5 Å². The average Bonchev–Trinajstić information content (AvgIpc) is 3.69. The average molecular weight is 656 g/mol. The molecule has 1 aliphatic rings. The second-order valence-corrected chi connectivity index (χ2v) is 11.3. The van der Waals surface area contributed by atoms with E-state index in [0.717, 1.165) is 24.6 Å². The predicted octanol–water partition coefficient (Wildman–Crippen LogP) is 6.49. The molecule has 1 amide bonds. The van der Waals surface area contributed by atoms with Crippen LogP contribution in [0.2, 0.25) is 0 Å². The topological polar surface area (TPSA) is 131 Å². The van der Waals surface area contributed by atoms with Crippen LogP contribution >= 0.6 is 0 Å². The second-order valence-electron chi connectivity index (χ2n) is 11.3. The van der Waals surface area contributed by atoms with E-state index in [1.54, 1.807) is 21.6 Å². The monoisotopic (exact) mass is 655 g/mol. The van der Waals surface area contributed by atoms with Crippen molar-refractivity contribution < 1.29 is 37.3 Å². The van der Waals surface area contributed by atoms with Gasteiger partial charge < -0.3 is 24.0 Å². The van der Waals surface area contributed by atoms with Crippen molar-refractivity contribution in [3.8, 4) is 23.2 Å². The van der Waals surface area contributed by atoms with Gasteiger partial charge in [0.15, 0.2) is 0 Å². The number of halogens is 3. The number of carboxylic acids is 1. The molecule has 1 fully saturated rings. The van der Waals surface area contributed by atoms with Crippen LogP contribution in [0.5, 0.6) is 5.88 Å². The normalized spacial score (nSPS) is 14.2. The first kappa shape index (κ1) is 32.1. The summed E-state index contributed by atoms with van der Waals surface area (Å²) in [5.74, 6) is -2.80. The van der Waals surface area contributed by atoms with E-state index in [1.165, 1.54) is 43.5 Å². The number of amides is 1. The van der Waals surface area contributed by atoms with Crippen LogP contribution in [0.25, 0.3) is 22.3 Å². The third-order valence-electron chi connectivity index (χ3n) is 8.30. The van der Waals surface area contributed by atoms with Gasteiger partial charge in [0.05, 0.1) is 47.1 Å². The Bertz CT molecular complexity index is 2090. The van der Waals surface area contributed by atoms with Gasteiger partial charge in [-0.15, -0.1) is 0 Å². The van der Waals surface area contributed by atoms with Crippen LogP contribution in [0.15, 0.2) is 66.7 Å². The van der Waals surface area contributed by atoms with E-state index < -0.39 is 29.5 Å². The summed E-state index contributed by atoms with van der Waals surface area (Å²) in [6, 6.07) is 16.6. The Hall–Kier alpha value is -5.90. The maximum atomic E-state index is 15.7. The van der Waals surface area contributed by atoms with Crippen molar-refractivity contribution in [1.29, 1.82) is 5.26 Å². The van der Waals surface area contributed by atoms with Gasteiger partial charge in [-0.3, -0.25) is 0 Å². The van der Waals surface area contributed by atoms with E-state index >= 15 is 8.78 Å². The first-order valence-electron chi connectivity index (χ1n) is 15.0. The molecular weight excluding hydrogens is 627 g/mol. The molecule has 2 aromatic heterocycles. The number of likely N-dealkylation sites (tertiary alicyclic amines) is 1. The number of carbonyl (C=O) groups excluding carboxylic acids is 1. The van der Waals surface area contributed by atoms with Crippen LogP contribution in [-0.2, 0) is 24.3 Å². The molecule has 0 saturated carbocycles. The van der Waals surface area contributed by atoms with Crippen LogP contribution in [0, 0.1) is 28.8 Å². The zero-order chi connectivity index (χ0) is 33.9. The van der Waals surface area contributed by atoms with Crippen molar-refractivity contribution in [2.24, 2.45) is 0 Å². The summed E-state index contributed by atoms with van der Waals surface area (Å²) in [5, 5.41) is 18.5. The molecule has 6 rings (SSSR count). The number of pyridine rings is 1. The van der Waals surface area contributed by atoms with Crippen LogP contribution in [0.1, 0.15) is 45.7 Å². The molecule has 5 aromatic rings. The van der Waals surface area contributed by atoms with Gasteiger partial charge in [-0.25, -0.2) is 32.7 Å². The molecule has 13 heteroatoms. The van der Waals surface area contributed by atoms with Crippen molar-refractivity contribution in [2.75, 3.05) is 13.7 Å². The maximum absolute atomic E-state index is 15.7. The van der Waals surface area contributed by atoms with Crippen LogP contribution in [-0.4, -0.2) is 56.3 Å². The summed E-state index contributed by atoms with van der Waals surface area (Å²) in [5.41, 5.74) is 1.33. The van der Waals surface area contributed by atoms with Gasteiger partial charge in [-0.2, -0.15) is 5.26 Å². The molecule has 0 aliphatic carbocycles. The Morgan fingerprint density at radius 3 is 2.56 bits per heavy atom. The molecule has 0 radical (unpaired) electrons. The minimum atomic E-state index is -1.13. The number of hydrogen-bond acceptors (Lipinski definition) is 7. The lowest BCUT2D eigenvalue weighted by Crippen LogP contribution is -2.38. The van der Waals surface area contributed by atoms with Gasteiger partial charge in [0.1, 0.15) is 29.9 Å². The lowest BCUT2D eigenvalue weighted by atomic mass is 10.0. The smallest absolute Gasteiger partial charge is 0.409 e. The Labute approximate surface area is 272 Å². The molecule has 0 spiro atoms. The number of nitriles is 1. The summed E-state index contributed by atoms with van der Waals surface area (Å²) >= 11 is 0. The maximum Gasteiger partial charge on any atom is 0.409 e. The van der Waals surface area contributed by atoms with E-state index in [-0.39, 0.29) is 65.0 Å². The SMILES string of the molecule is COC(=O)N1CCCC1Cn1c(Cc2cc(F)c(-c3cccc(OCc4ccc(C#N)cc4F)n3)cc2F)nc2ccc(C(=O)O)cc21. The number of carbonyl (C=O) groups is 2. The lowest BCUT2D eigenvalue weighted by molar-refractivity contribution is 0.0697. The minimum Gasteiger partial charge on any atom is -0.478 e. The number of imidazole rings is 1. The van der Waals surface area contributed by atoms with Crippen LogP contribution in [0.4, 0.5) is 18.0 Å². The third kappa shape index (κ3) is 6.50. The Morgan fingerprint density at radius 2 is 1.81 bits per heavy atom. The summed E-state index contributed by atoms with van der Waals surface area (Å²) < 4.78 is 57.8. The van der Waals surface area contributed by atoms with E-state index in [0.29, 0.717) is 29.8 Å².